The van der Waals surface area contributed by atoms with Crippen LogP contribution >= 0.6 is 0 Å². The maximum atomic E-state index is 12.6. The number of piperazine rings is 1. The summed E-state index contributed by atoms with van der Waals surface area (Å²) in [5.41, 5.74) is 0.956. The summed E-state index contributed by atoms with van der Waals surface area (Å²) in [4.78, 5) is 4.36. The van der Waals surface area contributed by atoms with Gasteiger partial charge in [0, 0.05) is 37.9 Å². The molecule has 1 aliphatic heterocycles. The minimum absolute atomic E-state index is 0.0266. The molecule has 0 aromatic heterocycles. The molecule has 0 amide bonds. The number of rotatable bonds is 7. The van der Waals surface area contributed by atoms with Crippen LogP contribution in [-0.4, -0.2) is 58.9 Å². The van der Waals surface area contributed by atoms with E-state index in [0.29, 0.717) is 6.61 Å². The van der Waals surface area contributed by atoms with Crippen molar-refractivity contribution in [1.82, 2.24) is 4.90 Å². The van der Waals surface area contributed by atoms with E-state index in [1.54, 1.807) is 12.1 Å². The fourth-order valence-electron chi connectivity index (χ4n) is 2.80. The van der Waals surface area contributed by atoms with E-state index in [1.807, 2.05) is 13.0 Å². The molecule has 1 aromatic carbocycles. The first-order valence-corrected chi connectivity index (χ1v) is 10.1. The Kier molecular flexibility index (Phi) is 6.45. The first kappa shape index (κ1) is 19.3. The van der Waals surface area contributed by atoms with Gasteiger partial charge in [-0.3, -0.25) is 0 Å². The second-order valence-corrected chi connectivity index (χ2v) is 8.11. The highest BCUT2D eigenvalue weighted by Gasteiger charge is 2.26. The Morgan fingerprint density at radius 1 is 1.32 bits per heavy atom. The third-order valence-electron chi connectivity index (χ3n) is 4.14. The van der Waals surface area contributed by atoms with Crippen LogP contribution in [0.1, 0.15) is 18.9 Å². The van der Waals surface area contributed by atoms with E-state index < -0.39 is 9.84 Å². The Balaban J connectivity index is 2.52. The van der Waals surface area contributed by atoms with Gasteiger partial charge in [0.05, 0.1) is 17.9 Å². The van der Waals surface area contributed by atoms with E-state index in [-0.39, 0.29) is 22.0 Å². The van der Waals surface area contributed by atoms with Crippen LogP contribution in [0.5, 0.6) is 5.75 Å². The quantitative estimate of drug-likeness (QED) is 0.691. The number of ether oxygens (including phenoxy) is 1. The summed E-state index contributed by atoms with van der Waals surface area (Å²) < 4.78 is 30.9. The van der Waals surface area contributed by atoms with Crippen LogP contribution in [0, 0.1) is 11.3 Å². The first-order chi connectivity index (χ1) is 11.9. The summed E-state index contributed by atoms with van der Waals surface area (Å²) >= 11 is 0. The van der Waals surface area contributed by atoms with Crippen molar-refractivity contribution in [2.45, 2.75) is 18.2 Å². The number of nitriles is 1. The standard InChI is InChI=1S/C18H25N3O3S/c1-4-10-24-17-13-16(21-8-6-20(3)7-9-21)12-15(14-19)18(17)25(22,23)11-5-2/h5,12-13H,2,4,6-11H2,1,3H3. The molecule has 1 fully saturated rings. The summed E-state index contributed by atoms with van der Waals surface area (Å²) in [6.07, 6.45) is 2.08. The van der Waals surface area contributed by atoms with Crippen molar-refractivity contribution in [3.05, 3.63) is 30.4 Å². The molecule has 25 heavy (non-hydrogen) atoms. The van der Waals surface area contributed by atoms with Crippen molar-refractivity contribution >= 4 is 15.5 Å². The van der Waals surface area contributed by atoms with E-state index in [4.69, 9.17) is 4.74 Å². The van der Waals surface area contributed by atoms with E-state index in [0.717, 1.165) is 38.3 Å². The molecule has 136 valence electrons. The van der Waals surface area contributed by atoms with Crippen molar-refractivity contribution in [1.29, 1.82) is 5.26 Å². The molecule has 7 heteroatoms. The summed E-state index contributed by atoms with van der Waals surface area (Å²) in [5, 5.41) is 9.54. The van der Waals surface area contributed by atoms with Gasteiger partial charge in [0.1, 0.15) is 16.7 Å². The average Bonchev–Trinajstić information content (AvgIpc) is 2.59. The molecule has 1 aliphatic rings. The number of likely N-dealkylation sites (N-methyl/N-ethyl adjacent to an activating group) is 1. The van der Waals surface area contributed by atoms with Crippen LogP contribution in [0.3, 0.4) is 0 Å². The summed E-state index contributed by atoms with van der Waals surface area (Å²) in [6.45, 7) is 9.34. The second kappa shape index (κ2) is 8.37. The molecule has 0 spiro atoms. The van der Waals surface area contributed by atoms with Gasteiger partial charge in [-0.05, 0) is 19.5 Å². The number of hydrogen-bond donors (Lipinski definition) is 0. The van der Waals surface area contributed by atoms with Gasteiger partial charge in [-0.2, -0.15) is 5.26 Å². The first-order valence-electron chi connectivity index (χ1n) is 8.41. The lowest BCUT2D eigenvalue weighted by Gasteiger charge is -2.34. The van der Waals surface area contributed by atoms with E-state index >= 15 is 0 Å². The van der Waals surface area contributed by atoms with Crippen LogP contribution in [0.25, 0.3) is 0 Å². The van der Waals surface area contributed by atoms with Crippen LogP contribution in [0.15, 0.2) is 29.7 Å². The number of sulfone groups is 1. The van der Waals surface area contributed by atoms with Crippen LogP contribution in [0.2, 0.25) is 0 Å². The molecule has 0 atom stereocenters. The molecule has 0 saturated carbocycles. The van der Waals surface area contributed by atoms with Crippen molar-refractivity contribution in [3.63, 3.8) is 0 Å². The largest absolute Gasteiger partial charge is 0.492 e. The Hall–Kier alpha value is -2.04. The predicted octanol–water partition coefficient (Wildman–Crippen LogP) is 2.06. The molecule has 0 bridgehead atoms. The predicted molar refractivity (Wildman–Crippen MR) is 98.9 cm³/mol. The fraction of sp³-hybridized carbons (Fsp3) is 0.500. The van der Waals surface area contributed by atoms with E-state index in [1.165, 1.54) is 6.08 Å². The Morgan fingerprint density at radius 3 is 2.56 bits per heavy atom. The molecule has 0 radical (unpaired) electrons. The molecular formula is C18H25N3O3S. The molecule has 1 aromatic rings. The van der Waals surface area contributed by atoms with Gasteiger partial charge in [0.15, 0.2) is 9.84 Å². The van der Waals surface area contributed by atoms with E-state index in [2.05, 4.69) is 23.4 Å². The lowest BCUT2D eigenvalue weighted by Crippen LogP contribution is -2.44. The van der Waals surface area contributed by atoms with Gasteiger partial charge in [0.25, 0.3) is 0 Å². The zero-order valence-electron chi connectivity index (χ0n) is 14.9. The van der Waals surface area contributed by atoms with Crippen LogP contribution in [-0.2, 0) is 9.84 Å². The van der Waals surface area contributed by atoms with Crippen LogP contribution < -0.4 is 9.64 Å². The van der Waals surface area contributed by atoms with Crippen molar-refractivity contribution < 1.29 is 13.2 Å². The van der Waals surface area contributed by atoms with Gasteiger partial charge >= 0.3 is 0 Å². The summed E-state index contributed by atoms with van der Waals surface area (Å²) in [7, 11) is -1.59. The molecule has 0 aliphatic carbocycles. The highest BCUT2D eigenvalue weighted by molar-refractivity contribution is 7.91. The number of anilines is 1. The van der Waals surface area contributed by atoms with Crippen LogP contribution in [0.4, 0.5) is 5.69 Å². The number of hydrogen-bond acceptors (Lipinski definition) is 6. The SMILES string of the molecule is C=CCS(=O)(=O)c1c(C#N)cc(N2CCN(C)CC2)cc1OCCC. The number of benzene rings is 1. The average molecular weight is 363 g/mol. The third-order valence-corrected chi connectivity index (χ3v) is 5.86. The van der Waals surface area contributed by atoms with Gasteiger partial charge in [0.2, 0.25) is 0 Å². The topological polar surface area (TPSA) is 73.6 Å². The monoisotopic (exact) mass is 363 g/mol. The molecule has 2 rings (SSSR count). The smallest absolute Gasteiger partial charge is 0.186 e. The van der Waals surface area contributed by atoms with Gasteiger partial charge in [-0.1, -0.05) is 13.0 Å². The Labute approximate surface area is 150 Å². The van der Waals surface area contributed by atoms with Gasteiger partial charge in [-0.25, -0.2) is 8.42 Å². The normalized spacial score (nSPS) is 15.6. The summed E-state index contributed by atoms with van der Waals surface area (Å²) in [5.74, 6) is 0.0366. The molecule has 1 saturated heterocycles. The zero-order chi connectivity index (χ0) is 18.4. The van der Waals surface area contributed by atoms with Crippen molar-refractivity contribution in [2.75, 3.05) is 50.5 Å². The van der Waals surface area contributed by atoms with Crippen molar-refractivity contribution in [3.8, 4) is 11.8 Å². The molecular weight excluding hydrogens is 338 g/mol. The lowest BCUT2D eigenvalue weighted by atomic mass is 10.1. The molecule has 0 N–H and O–H groups in total. The maximum Gasteiger partial charge on any atom is 0.186 e. The summed E-state index contributed by atoms with van der Waals surface area (Å²) in [6, 6.07) is 5.44. The zero-order valence-corrected chi connectivity index (χ0v) is 15.7. The second-order valence-electron chi connectivity index (χ2n) is 6.14. The minimum Gasteiger partial charge on any atom is -0.492 e. The number of nitrogens with zero attached hydrogens (tertiary/aromatic N) is 3. The maximum absolute atomic E-state index is 12.6. The highest BCUT2D eigenvalue weighted by atomic mass is 32.2. The highest BCUT2D eigenvalue weighted by Crippen LogP contribution is 2.34. The Bertz CT molecular complexity index is 761. The van der Waals surface area contributed by atoms with Crippen molar-refractivity contribution in [2.24, 2.45) is 0 Å². The molecule has 6 nitrogen and oxygen atoms in total. The minimum atomic E-state index is -3.66. The third kappa shape index (κ3) is 4.53. The van der Waals surface area contributed by atoms with Gasteiger partial charge < -0.3 is 14.5 Å². The Morgan fingerprint density at radius 2 is 2.00 bits per heavy atom. The lowest BCUT2D eigenvalue weighted by molar-refractivity contribution is 0.306. The van der Waals surface area contributed by atoms with E-state index in [9.17, 15) is 13.7 Å². The van der Waals surface area contributed by atoms with Gasteiger partial charge in [-0.15, -0.1) is 6.58 Å². The molecule has 0 unspecified atom stereocenters. The molecule has 1 heterocycles. The fourth-order valence-corrected chi connectivity index (χ4v) is 4.14.